The Balaban J connectivity index is 1.48. The highest BCUT2D eigenvalue weighted by atomic mass is 19.2. The van der Waals surface area contributed by atoms with Crippen LogP contribution in [0.4, 0.5) is 14.5 Å². The molecule has 7 heteroatoms. The fourth-order valence-corrected chi connectivity index (χ4v) is 3.56. The number of nitrogens with zero attached hydrogens (tertiary/aromatic N) is 2. The van der Waals surface area contributed by atoms with Crippen LogP contribution < -0.4 is 10.2 Å². The third kappa shape index (κ3) is 3.91. The molecule has 1 N–H and O–H groups in total. The molecule has 1 aromatic rings. The normalized spacial score (nSPS) is 23.4. The lowest BCUT2D eigenvalue weighted by Gasteiger charge is -2.19. The van der Waals surface area contributed by atoms with Gasteiger partial charge in [-0.15, -0.1) is 0 Å². The van der Waals surface area contributed by atoms with E-state index in [0.717, 1.165) is 19.0 Å². The summed E-state index contributed by atoms with van der Waals surface area (Å²) >= 11 is 0. The quantitative estimate of drug-likeness (QED) is 0.880. The van der Waals surface area contributed by atoms with Crippen LogP contribution in [0, 0.1) is 23.5 Å². The molecule has 5 nitrogen and oxygen atoms in total. The lowest BCUT2D eigenvalue weighted by molar-refractivity contribution is -0.128. The lowest BCUT2D eigenvalue weighted by Crippen LogP contribution is -2.36. The van der Waals surface area contributed by atoms with Gasteiger partial charge in [0.25, 0.3) is 0 Å². The zero-order valence-corrected chi connectivity index (χ0v) is 14.3. The first-order valence-corrected chi connectivity index (χ1v) is 8.73. The van der Waals surface area contributed by atoms with Crippen LogP contribution in [0.3, 0.4) is 0 Å². The summed E-state index contributed by atoms with van der Waals surface area (Å²) in [6.07, 6.45) is 1.16. The fraction of sp³-hybridized carbons (Fsp3) is 0.556. The summed E-state index contributed by atoms with van der Waals surface area (Å²) in [7, 11) is 0. The molecule has 3 rings (SSSR count). The molecule has 0 radical (unpaired) electrons. The van der Waals surface area contributed by atoms with Crippen LogP contribution >= 0.6 is 0 Å². The van der Waals surface area contributed by atoms with E-state index in [2.05, 4.69) is 5.32 Å². The van der Waals surface area contributed by atoms with Crippen molar-refractivity contribution in [3.63, 3.8) is 0 Å². The Bertz CT molecular complexity index is 668. The Morgan fingerprint density at radius 2 is 2.08 bits per heavy atom. The standard InChI is InChI=1S/C18H23F2N3O2/c1-2-22-11-13(7-17(22)24)18(25)21-9-12-5-6-23(10-12)14-3-4-15(19)16(20)8-14/h3-4,8,12-13H,2,5-7,9-11H2,1H3,(H,21,25)/t12-,13+/m1/s1. The minimum atomic E-state index is -0.848. The molecular formula is C18H23F2N3O2. The summed E-state index contributed by atoms with van der Waals surface area (Å²) < 4.78 is 26.4. The second-order valence-corrected chi connectivity index (χ2v) is 6.78. The van der Waals surface area contributed by atoms with Crippen molar-refractivity contribution in [2.45, 2.75) is 19.8 Å². The average Bonchev–Trinajstić information content (AvgIpc) is 3.21. The number of hydrogen-bond donors (Lipinski definition) is 1. The second kappa shape index (κ2) is 7.37. The maximum Gasteiger partial charge on any atom is 0.225 e. The molecule has 0 unspecified atom stereocenters. The Hall–Kier alpha value is -2.18. The van der Waals surface area contributed by atoms with Crippen LogP contribution in [-0.4, -0.2) is 49.4 Å². The van der Waals surface area contributed by atoms with E-state index in [1.807, 2.05) is 11.8 Å². The Morgan fingerprint density at radius 1 is 1.28 bits per heavy atom. The summed E-state index contributed by atoms with van der Waals surface area (Å²) in [6, 6.07) is 3.92. The minimum Gasteiger partial charge on any atom is -0.371 e. The van der Waals surface area contributed by atoms with Gasteiger partial charge in [-0.05, 0) is 31.4 Å². The maximum atomic E-state index is 13.4. The van der Waals surface area contributed by atoms with E-state index in [9.17, 15) is 18.4 Å². The van der Waals surface area contributed by atoms with Crippen LogP contribution in [0.2, 0.25) is 0 Å². The number of rotatable bonds is 5. The molecule has 136 valence electrons. The molecule has 2 atom stereocenters. The highest BCUT2D eigenvalue weighted by Gasteiger charge is 2.33. The van der Waals surface area contributed by atoms with E-state index in [1.54, 1.807) is 11.0 Å². The van der Waals surface area contributed by atoms with Gasteiger partial charge in [0.1, 0.15) is 0 Å². The van der Waals surface area contributed by atoms with Crippen molar-refractivity contribution in [1.29, 1.82) is 0 Å². The van der Waals surface area contributed by atoms with Gasteiger partial charge in [-0.1, -0.05) is 0 Å². The zero-order valence-electron chi connectivity index (χ0n) is 14.3. The van der Waals surface area contributed by atoms with E-state index in [-0.39, 0.29) is 30.1 Å². The minimum absolute atomic E-state index is 0.0352. The Labute approximate surface area is 146 Å². The van der Waals surface area contributed by atoms with Gasteiger partial charge in [0, 0.05) is 50.9 Å². The smallest absolute Gasteiger partial charge is 0.225 e. The predicted molar refractivity (Wildman–Crippen MR) is 90.0 cm³/mol. The van der Waals surface area contributed by atoms with Crippen LogP contribution in [0.25, 0.3) is 0 Å². The van der Waals surface area contributed by atoms with Crippen LogP contribution in [-0.2, 0) is 9.59 Å². The van der Waals surface area contributed by atoms with E-state index < -0.39 is 11.6 Å². The molecule has 0 aliphatic carbocycles. The summed E-state index contributed by atoms with van der Waals surface area (Å²) in [4.78, 5) is 27.7. The number of benzene rings is 1. The van der Waals surface area contributed by atoms with Gasteiger partial charge in [-0.2, -0.15) is 0 Å². The largest absolute Gasteiger partial charge is 0.371 e. The summed E-state index contributed by atoms with van der Waals surface area (Å²) in [5, 5.41) is 2.95. The molecule has 1 aromatic carbocycles. The third-order valence-electron chi connectivity index (χ3n) is 5.09. The van der Waals surface area contributed by atoms with Gasteiger partial charge in [0.2, 0.25) is 11.8 Å². The van der Waals surface area contributed by atoms with Crippen molar-refractivity contribution >= 4 is 17.5 Å². The van der Waals surface area contributed by atoms with Gasteiger partial charge in [0.15, 0.2) is 11.6 Å². The number of nitrogens with one attached hydrogen (secondary N) is 1. The predicted octanol–water partition coefficient (Wildman–Crippen LogP) is 1.78. The van der Waals surface area contributed by atoms with Gasteiger partial charge in [-0.25, -0.2) is 8.78 Å². The number of likely N-dealkylation sites (tertiary alicyclic amines) is 1. The molecule has 0 aromatic heterocycles. The lowest BCUT2D eigenvalue weighted by atomic mass is 10.1. The molecule has 0 bridgehead atoms. The number of hydrogen-bond acceptors (Lipinski definition) is 3. The monoisotopic (exact) mass is 351 g/mol. The van der Waals surface area contributed by atoms with Gasteiger partial charge in [0.05, 0.1) is 5.92 Å². The molecule has 0 spiro atoms. The molecule has 2 heterocycles. The van der Waals surface area contributed by atoms with Crippen molar-refractivity contribution in [3.05, 3.63) is 29.8 Å². The van der Waals surface area contributed by atoms with Crippen LogP contribution in [0.15, 0.2) is 18.2 Å². The molecule has 2 aliphatic rings. The van der Waals surface area contributed by atoms with Crippen molar-refractivity contribution in [2.24, 2.45) is 11.8 Å². The number of carbonyl (C=O) groups is 2. The Morgan fingerprint density at radius 3 is 2.76 bits per heavy atom. The molecule has 2 amide bonds. The molecule has 2 fully saturated rings. The highest BCUT2D eigenvalue weighted by Crippen LogP contribution is 2.25. The van der Waals surface area contributed by atoms with Crippen molar-refractivity contribution < 1.29 is 18.4 Å². The van der Waals surface area contributed by atoms with Gasteiger partial charge < -0.3 is 15.1 Å². The second-order valence-electron chi connectivity index (χ2n) is 6.78. The van der Waals surface area contributed by atoms with E-state index >= 15 is 0 Å². The molecule has 2 aliphatic heterocycles. The summed E-state index contributed by atoms with van der Waals surface area (Å²) in [5.74, 6) is -1.74. The number of halogens is 2. The third-order valence-corrected chi connectivity index (χ3v) is 5.09. The van der Waals surface area contributed by atoms with Crippen LogP contribution in [0.5, 0.6) is 0 Å². The van der Waals surface area contributed by atoms with E-state index in [4.69, 9.17) is 0 Å². The highest BCUT2D eigenvalue weighted by molar-refractivity contribution is 5.89. The van der Waals surface area contributed by atoms with Gasteiger partial charge >= 0.3 is 0 Å². The number of carbonyl (C=O) groups excluding carboxylic acids is 2. The molecule has 2 saturated heterocycles. The SMILES string of the molecule is CCN1C[C@@H](C(=O)NC[C@H]2CCN(c3ccc(F)c(F)c3)C2)CC1=O. The first-order chi connectivity index (χ1) is 12.0. The van der Waals surface area contributed by atoms with Gasteiger partial charge in [-0.3, -0.25) is 9.59 Å². The average molecular weight is 351 g/mol. The maximum absolute atomic E-state index is 13.4. The summed E-state index contributed by atoms with van der Waals surface area (Å²) in [5.41, 5.74) is 0.660. The summed E-state index contributed by atoms with van der Waals surface area (Å²) in [6.45, 7) is 5.01. The van der Waals surface area contributed by atoms with Crippen molar-refractivity contribution in [2.75, 3.05) is 37.6 Å². The fourth-order valence-electron chi connectivity index (χ4n) is 3.56. The van der Waals surface area contributed by atoms with Crippen molar-refractivity contribution in [1.82, 2.24) is 10.2 Å². The number of amides is 2. The Kier molecular flexibility index (Phi) is 5.20. The first-order valence-electron chi connectivity index (χ1n) is 8.73. The number of anilines is 1. The first kappa shape index (κ1) is 17.6. The van der Waals surface area contributed by atoms with E-state index in [1.165, 1.54) is 6.07 Å². The molecule has 0 saturated carbocycles. The van der Waals surface area contributed by atoms with E-state index in [0.29, 0.717) is 31.9 Å². The molecule has 25 heavy (non-hydrogen) atoms. The zero-order chi connectivity index (χ0) is 18.0. The van der Waals surface area contributed by atoms with Crippen LogP contribution in [0.1, 0.15) is 19.8 Å². The van der Waals surface area contributed by atoms with Crippen molar-refractivity contribution in [3.8, 4) is 0 Å². The molecular weight excluding hydrogens is 328 g/mol. The topological polar surface area (TPSA) is 52.7 Å².